The predicted molar refractivity (Wildman–Crippen MR) is 121 cm³/mol. The molecular weight excluding hydrogens is 394 g/mol. The molecule has 31 heavy (non-hydrogen) atoms. The molecule has 0 saturated carbocycles. The van der Waals surface area contributed by atoms with Gasteiger partial charge < -0.3 is 30.3 Å². The smallest absolute Gasteiger partial charge is 0.209 e. The maximum atomic E-state index is 10.6. The number of nitrogens with two attached hydrogens (primary N) is 2. The Bertz CT molecular complexity index is 1120. The minimum atomic E-state index is -0.932. The van der Waals surface area contributed by atoms with Gasteiger partial charge in [0.05, 0.1) is 29.3 Å². The van der Waals surface area contributed by atoms with Crippen molar-refractivity contribution in [1.82, 2.24) is 15.0 Å². The molecule has 8 heteroatoms. The van der Waals surface area contributed by atoms with Gasteiger partial charge in [0, 0.05) is 36.9 Å². The van der Waals surface area contributed by atoms with Crippen LogP contribution >= 0.6 is 0 Å². The van der Waals surface area contributed by atoms with E-state index in [-0.39, 0.29) is 5.88 Å². The molecule has 0 atom stereocenters. The number of benzene rings is 1. The molecule has 0 radical (unpaired) electrons. The Hall–Kier alpha value is -2.81. The van der Waals surface area contributed by atoms with Gasteiger partial charge >= 0.3 is 0 Å². The van der Waals surface area contributed by atoms with E-state index in [2.05, 4.69) is 16.1 Å². The third kappa shape index (κ3) is 4.06. The summed E-state index contributed by atoms with van der Waals surface area (Å²) in [5, 5.41) is 11.6. The Morgan fingerprint density at radius 1 is 1.29 bits per heavy atom. The molecule has 2 aromatic heterocycles. The number of nitrogens with one attached hydrogen (secondary N) is 1. The highest BCUT2D eigenvalue weighted by molar-refractivity contribution is 6.06. The van der Waals surface area contributed by atoms with Gasteiger partial charge in [-0.2, -0.15) is 0 Å². The largest absolute Gasteiger partial charge is 0.481 e. The van der Waals surface area contributed by atoms with E-state index in [4.69, 9.17) is 26.0 Å². The summed E-state index contributed by atoms with van der Waals surface area (Å²) in [6.07, 6.45) is 3.78. The lowest BCUT2D eigenvalue weighted by Gasteiger charge is -2.24. The molecule has 3 aromatic rings. The molecule has 3 heterocycles. The van der Waals surface area contributed by atoms with Crippen LogP contribution < -0.4 is 17.0 Å². The number of aromatic nitrogens is 2. The number of rotatable bonds is 6. The molecule has 0 aliphatic carbocycles. The first-order chi connectivity index (χ1) is 14.8. The normalized spacial score (nSPS) is 16.5. The number of ether oxygens (including phenoxy) is 2. The summed E-state index contributed by atoms with van der Waals surface area (Å²) < 4.78 is 13.0. The first-order valence-corrected chi connectivity index (χ1v) is 10.6. The summed E-state index contributed by atoms with van der Waals surface area (Å²) in [6.45, 7) is 6.02. The van der Waals surface area contributed by atoms with E-state index in [1.807, 2.05) is 18.2 Å². The molecular formula is C23H31N5O3. The number of methoxy groups -OCH3 is 1. The van der Waals surface area contributed by atoms with Crippen molar-refractivity contribution in [2.45, 2.75) is 38.8 Å². The van der Waals surface area contributed by atoms with E-state index < -0.39 is 5.60 Å². The number of hydrazine groups is 1. The van der Waals surface area contributed by atoms with Gasteiger partial charge in [-0.25, -0.2) is 0 Å². The number of hydrogen-bond donors (Lipinski definition) is 4. The van der Waals surface area contributed by atoms with Gasteiger partial charge in [0.1, 0.15) is 5.70 Å². The van der Waals surface area contributed by atoms with Crippen molar-refractivity contribution < 1.29 is 14.6 Å². The summed E-state index contributed by atoms with van der Waals surface area (Å²) in [7, 11) is 1.50. The van der Waals surface area contributed by atoms with E-state index >= 15 is 0 Å². The van der Waals surface area contributed by atoms with Crippen molar-refractivity contribution in [1.29, 1.82) is 0 Å². The zero-order valence-corrected chi connectivity index (χ0v) is 18.3. The van der Waals surface area contributed by atoms with Crippen molar-refractivity contribution in [2.24, 2.45) is 17.5 Å². The summed E-state index contributed by atoms with van der Waals surface area (Å²) in [4.78, 5) is 4.75. The first-order valence-electron chi connectivity index (χ1n) is 10.6. The third-order valence-corrected chi connectivity index (χ3v) is 6.09. The predicted octanol–water partition coefficient (Wildman–Crippen LogP) is 2.54. The summed E-state index contributed by atoms with van der Waals surface area (Å²) >= 11 is 0. The van der Waals surface area contributed by atoms with E-state index in [1.165, 1.54) is 7.11 Å². The van der Waals surface area contributed by atoms with Gasteiger partial charge in [0.2, 0.25) is 5.88 Å². The van der Waals surface area contributed by atoms with Crippen LogP contribution in [0.1, 0.15) is 37.8 Å². The highest BCUT2D eigenvalue weighted by Gasteiger charge is 2.22. The molecule has 8 nitrogen and oxygen atoms in total. The van der Waals surface area contributed by atoms with Crippen LogP contribution in [-0.4, -0.2) is 35.0 Å². The Balaban J connectivity index is 1.94. The van der Waals surface area contributed by atoms with Gasteiger partial charge in [0.15, 0.2) is 0 Å². The van der Waals surface area contributed by atoms with Crippen LogP contribution in [-0.2, 0) is 21.6 Å². The van der Waals surface area contributed by atoms with Crippen LogP contribution in [0.2, 0.25) is 0 Å². The van der Waals surface area contributed by atoms with Crippen LogP contribution in [0, 0.1) is 5.92 Å². The number of aliphatic hydroxyl groups is 1. The van der Waals surface area contributed by atoms with Crippen molar-refractivity contribution >= 4 is 27.6 Å². The molecule has 1 fully saturated rings. The van der Waals surface area contributed by atoms with E-state index in [1.54, 1.807) is 20.0 Å². The molecule has 1 aromatic carbocycles. The minimum Gasteiger partial charge on any atom is -0.481 e. The molecule has 1 aliphatic rings. The number of hydrogen-bond acceptors (Lipinski definition) is 7. The SMILES string of the molecule is CO/C(N)=C(/NN)c1cnc2c3ccc(C(C)(C)O)cc3n(CC3CCOCC3)c2c1. The van der Waals surface area contributed by atoms with E-state index in [0.29, 0.717) is 11.6 Å². The van der Waals surface area contributed by atoms with Gasteiger partial charge in [-0.05, 0) is 50.3 Å². The van der Waals surface area contributed by atoms with Crippen molar-refractivity contribution in [2.75, 3.05) is 20.3 Å². The second-order valence-electron chi connectivity index (χ2n) is 8.64. The van der Waals surface area contributed by atoms with Gasteiger partial charge in [0.25, 0.3) is 0 Å². The second kappa shape index (κ2) is 8.37. The molecule has 166 valence electrons. The Kier molecular flexibility index (Phi) is 5.79. The third-order valence-electron chi connectivity index (χ3n) is 6.09. The van der Waals surface area contributed by atoms with Gasteiger partial charge in [-0.1, -0.05) is 12.1 Å². The van der Waals surface area contributed by atoms with Crippen LogP contribution in [0.3, 0.4) is 0 Å². The molecule has 4 rings (SSSR count). The number of nitrogens with zero attached hydrogens (tertiary/aromatic N) is 2. The average molecular weight is 426 g/mol. The maximum absolute atomic E-state index is 10.6. The van der Waals surface area contributed by atoms with Gasteiger partial charge in [-0.15, -0.1) is 0 Å². The molecule has 0 bridgehead atoms. The molecule has 0 amide bonds. The molecule has 1 saturated heterocycles. The Morgan fingerprint density at radius 2 is 2.03 bits per heavy atom. The number of pyridine rings is 1. The lowest BCUT2D eigenvalue weighted by atomic mass is 9.97. The van der Waals surface area contributed by atoms with Crippen LogP contribution in [0.15, 0.2) is 36.3 Å². The lowest BCUT2D eigenvalue weighted by Crippen LogP contribution is -2.24. The summed E-state index contributed by atoms with van der Waals surface area (Å²) in [6, 6.07) is 8.11. The highest BCUT2D eigenvalue weighted by atomic mass is 16.5. The van der Waals surface area contributed by atoms with Crippen molar-refractivity contribution in [3.05, 3.63) is 47.5 Å². The highest BCUT2D eigenvalue weighted by Crippen LogP contribution is 2.34. The van der Waals surface area contributed by atoms with Crippen LogP contribution in [0.5, 0.6) is 0 Å². The fourth-order valence-electron chi connectivity index (χ4n) is 4.25. The molecule has 0 spiro atoms. The molecule has 1 aliphatic heterocycles. The van der Waals surface area contributed by atoms with Crippen LogP contribution in [0.4, 0.5) is 0 Å². The average Bonchev–Trinajstić information content (AvgIpc) is 3.07. The fourth-order valence-corrected chi connectivity index (χ4v) is 4.25. The lowest BCUT2D eigenvalue weighted by molar-refractivity contribution is 0.0619. The standard InChI is InChI=1S/C23H31N5O3/c1-23(2,29)16-4-5-17-18(11-16)28(13-14-6-8-31-9-7-14)19-10-15(12-26-21(17)19)20(27-25)22(24)30-3/h4-5,10-12,14,27,29H,6-9,13,24-25H2,1-3H3/b22-20+. The van der Waals surface area contributed by atoms with Crippen molar-refractivity contribution in [3.8, 4) is 0 Å². The topological polar surface area (TPSA) is 121 Å². The summed E-state index contributed by atoms with van der Waals surface area (Å²) in [5.41, 5.74) is 12.7. The quantitative estimate of drug-likeness (QED) is 0.272. The summed E-state index contributed by atoms with van der Waals surface area (Å²) in [5.74, 6) is 6.41. The zero-order valence-electron chi connectivity index (χ0n) is 18.3. The fraction of sp³-hybridized carbons (Fsp3) is 0.435. The van der Waals surface area contributed by atoms with E-state index in [9.17, 15) is 5.11 Å². The second-order valence-corrected chi connectivity index (χ2v) is 8.64. The minimum absolute atomic E-state index is 0.194. The van der Waals surface area contributed by atoms with Gasteiger partial charge in [-0.3, -0.25) is 10.8 Å². The molecule has 0 unspecified atom stereocenters. The van der Waals surface area contributed by atoms with Crippen molar-refractivity contribution in [3.63, 3.8) is 0 Å². The molecule has 6 N–H and O–H groups in total. The number of fused-ring (bicyclic) bond motifs is 3. The monoisotopic (exact) mass is 425 g/mol. The first kappa shape index (κ1) is 21.4. The zero-order chi connectivity index (χ0) is 22.2. The van der Waals surface area contributed by atoms with E-state index in [0.717, 1.165) is 65.7 Å². The Labute approximate surface area is 181 Å². The maximum Gasteiger partial charge on any atom is 0.209 e. The van der Waals surface area contributed by atoms with Crippen LogP contribution in [0.25, 0.3) is 27.6 Å². The Morgan fingerprint density at radius 3 is 2.68 bits per heavy atom.